The number of carbonyl (C=O) groups excluding carboxylic acids is 2. The molecule has 0 atom stereocenters. The second-order valence-electron chi connectivity index (χ2n) is 3.91. The normalized spacial score (nSPS) is 18.7. The van der Waals surface area contributed by atoms with Crippen LogP contribution in [0.15, 0.2) is 0 Å². The lowest BCUT2D eigenvalue weighted by Gasteiger charge is -2.30. The molecule has 0 aromatic carbocycles. The SMILES string of the molecule is CCNC(=O)C1CCN(CC(N)=O)CC1. The Hall–Kier alpha value is -1.10. The maximum Gasteiger partial charge on any atom is 0.231 e. The molecule has 0 aromatic heterocycles. The molecule has 86 valence electrons. The first kappa shape index (κ1) is 12.0. The van der Waals surface area contributed by atoms with E-state index in [1.807, 2.05) is 11.8 Å². The van der Waals surface area contributed by atoms with Crippen LogP contribution in [0.2, 0.25) is 0 Å². The second-order valence-corrected chi connectivity index (χ2v) is 3.91. The second kappa shape index (κ2) is 5.70. The highest BCUT2D eigenvalue weighted by Gasteiger charge is 2.24. The van der Waals surface area contributed by atoms with Gasteiger partial charge >= 0.3 is 0 Å². The van der Waals surface area contributed by atoms with Crippen molar-refractivity contribution in [2.24, 2.45) is 11.7 Å². The van der Waals surface area contributed by atoms with Crippen LogP contribution in [-0.2, 0) is 9.59 Å². The highest BCUT2D eigenvalue weighted by atomic mass is 16.2. The minimum Gasteiger partial charge on any atom is -0.369 e. The minimum absolute atomic E-state index is 0.106. The first-order chi connectivity index (χ1) is 7.13. The Bertz CT molecular complexity index is 235. The van der Waals surface area contributed by atoms with Crippen LogP contribution >= 0.6 is 0 Å². The number of hydrogen-bond acceptors (Lipinski definition) is 3. The maximum absolute atomic E-state index is 11.5. The highest BCUT2D eigenvalue weighted by molar-refractivity contribution is 5.79. The molecule has 1 rings (SSSR count). The molecule has 0 radical (unpaired) electrons. The van der Waals surface area contributed by atoms with Crippen LogP contribution in [0.25, 0.3) is 0 Å². The van der Waals surface area contributed by atoms with E-state index >= 15 is 0 Å². The van der Waals surface area contributed by atoms with Gasteiger partial charge in [0.1, 0.15) is 0 Å². The smallest absolute Gasteiger partial charge is 0.231 e. The fourth-order valence-corrected chi connectivity index (χ4v) is 1.89. The quantitative estimate of drug-likeness (QED) is 0.649. The summed E-state index contributed by atoms with van der Waals surface area (Å²) in [6, 6.07) is 0. The van der Waals surface area contributed by atoms with Gasteiger partial charge in [0.05, 0.1) is 6.54 Å². The Morgan fingerprint density at radius 3 is 2.47 bits per heavy atom. The Morgan fingerprint density at radius 1 is 1.40 bits per heavy atom. The molecule has 0 unspecified atom stereocenters. The average molecular weight is 213 g/mol. The summed E-state index contributed by atoms with van der Waals surface area (Å²) >= 11 is 0. The predicted molar refractivity (Wildman–Crippen MR) is 57.0 cm³/mol. The molecular weight excluding hydrogens is 194 g/mol. The van der Waals surface area contributed by atoms with Gasteiger partial charge in [-0.15, -0.1) is 0 Å². The van der Waals surface area contributed by atoms with Gasteiger partial charge in [0.25, 0.3) is 0 Å². The first-order valence-electron chi connectivity index (χ1n) is 5.41. The number of primary amides is 1. The van der Waals surface area contributed by atoms with Gasteiger partial charge in [-0.05, 0) is 32.9 Å². The van der Waals surface area contributed by atoms with Crippen LogP contribution in [0.4, 0.5) is 0 Å². The van der Waals surface area contributed by atoms with E-state index < -0.39 is 0 Å². The van der Waals surface area contributed by atoms with Crippen molar-refractivity contribution in [3.8, 4) is 0 Å². The molecule has 0 aromatic rings. The summed E-state index contributed by atoms with van der Waals surface area (Å²) in [5.41, 5.74) is 5.11. The van der Waals surface area contributed by atoms with Crippen molar-refractivity contribution in [2.45, 2.75) is 19.8 Å². The topological polar surface area (TPSA) is 75.4 Å². The summed E-state index contributed by atoms with van der Waals surface area (Å²) in [4.78, 5) is 24.2. The van der Waals surface area contributed by atoms with E-state index in [0.717, 1.165) is 25.9 Å². The number of nitrogens with two attached hydrogens (primary N) is 1. The van der Waals surface area contributed by atoms with Crippen LogP contribution in [0.3, 0.4) is 0 Å². The summed E-state index contributed by atoms with van der Waals surface area (Å²) in [7, 11) is 0. The van der Waals surface area contributed by atoms with Crippen LogP contribution in [0, 0.1) is 5.92 Å². The fourth-order valence-electron chi connectivity index (χ4n) is 1.89. The lowest BCUT2D eigenvalue weighted by molar-refractivity contribution is -0.126. The number of likely N-dealkylation sites (tertiary alicyclic amines) is 1. The van der Waals surface area contributed by atoms with E-state index in [0.29, 0.717) is 13.1 Å². The zero-order valence-electron chi connectivity index (χ0n) is 9.16. The van der Waals surface area contributed by atoms with Gasteiger partial charge in [0.2, 0.25) is 11.8 Å². The number of amides is 2. The zero-order valence-corrected chi connectivity index (χ0v) is 9.16. The summed E-state index contributed by atoms with van der Waals surface area (Å²) in [5, 5.41) is 2.82. The monoisotopic (exact) mass is 213 g/mol. The highest BCUT2D eigenvalue weighted by Crippen LogP contribution is 2.16. The molecule has 0 spiro atoms. The van der Waals surface area contributed by atoms with Gasteiger partial charge < -0.3 is 11.1 Å². The molecule has 1 aliphatic heterocycles. The van der Waals surface area contributed by atoms with Crippen LogP contribution < -0.4 is 11.1 Å². The van der Waals surface area contributed by atoms with Crippen molar-refractivity contribution < 1.29 is 9.59 Å². The zero-order chi connectivity index (χ0) is 11.3. The van der Waals surface area contributed by atoms with Gasteiger partial charge in [-0.3, -0.25) is 14.5 Å². The third-order valence-electron chi connectivity index (χ3n) is 2.69. The average Bonchev–Trinajstić information content (AvgIpc) is 2.18. The van der Waals surface area contributed by atoms with Gasteiger partial charge in [-0.2, -0.15) is 0 Å². The molecule has 2 amide bonds. The van der Waals surface area contributed by atoms with Crippen molar-refractivity contribution >= 4 is 11.8 Å². The Kier molecular flexibility index (Phi) is 4.55. The van der Waals surface area contributed by atoms with Crippen molar-refractivity contribution in [3.05, 3.63) is 0 Å². The van der Waals surface area contributed by atoms with E-state index in [1.54, 1.807) is 0 Å². The molecule has 1 fully saturated rings. The van der Waals surface area contributed by atoms with Gasteiger partial charge in [-0.25, -0.2) is 0 Å². The van der Waals surface area contributed by atoms with Gasteiger partial charge in [0, 0.05) is 12.5 Å². The summed E-state index contributed by atoms with van der Waals surface area (Å²) in [6.07, 6.45) is 1.64. The third-order valence-corrected chi connectivity index (χ3v) is 2.69. The number of nitrogens with zero attached hydrogens (tertiary/aromatic N) is 1. The Balaban J connectivity index is 2.29. The van der Waals surface area contributed by atoms with Crippen LogP contribution in [0.5, 0.6) is 0 Å². The lowest BCUT2D eigenvalue weighted by atomic mass is 9.96. The lowest BCUT2D eigenvalue weighted by Crippen LogP contribution is -2.43. The number of rotatable bonds is 4. The molecule has 0 saturated carbocycles. The molecular formula is C10H19N3O2. The molecule has 15 heavy (non-hydrogen) atoms. The Morgan fingerprint density at radius 2 is 2.00 bits per heavy atom. The van der Waals surface area contributed by atoms with E-state index in [-0.39, 0.29) is 17.7 Å². The predicted octanol–water partition coefficient (Wildman–Crippen LogP) is -0.680. The summed E-state index contributed by atoms with van der Waals surface area (Å²) < 4.78 is 0. The minimum atomic E-state index is -0.300. The largest absolute Gasteiger partial charge is 0.369 e. The van der Waals surface area contributed by atoms with E-state index in [2.05, 4.69) is 5.32 Å². The standard InChI is InChI=1S/C10H19N3O2/c1-2-12-10(15)8-3-5-13(6-4-8)7-9(11)14/h8H,2-7H2,1H3,(H2,11,14)(H,12,15). The molecule has 0 aliphatic carbocycles. The summed E-state index contributed by atoms with van der Waals surface area (Å²) in [6.45, 7) is 4.47. The summed E-state index contributed by atoms with van der Waals surface area (Å²) in [5.74, 6) is -0.0586. The molecule has 5 nitrogen and oxygen atoms in total. The van der Waals surface area contributed by atoms with E-state index in [1.165, 1.54) is 0 Å². The molecule has 0 bridgehead atoms. The number of nitrogens with one attached hydrogen (secondary N) is 1. The van der Waals surface area contributed by atoms with Gasteiger partial charge in [0.15, 0.2) is 0 Å². The molecule has 3 N–H and O–H groups in total. The number of piperidine rings is 1. The molecule has 1 saturated heterocycles. The third kappa shape index (κ3) is 3.87. The van der Waals surface area contributed by atoms with E-state index in [9.17, 15) is 9.59 Å². The van der Waals surface area contributed by atoms with Crippen LogP contribution in [0.1, 0.15) is 19.8 Å². The fraction of sp³-hybridized carbons (Fsp3) is 0.800. The maximum atomic E-state index is 11.5. The van der Waals surface area contributed by atoms with Crippen molar-refractivity contribution in [3.63, 3.8) is 0 Å². The van der Waals surface area contributed by atoms with E-state index in [4.69, 9.17) is 5.73 Å². The molecule has 5 heteroatoms. The first-order valence-corrected chi connectivity index (χ1v) is 5.41. The Labute approximate surface area is 90.0 Å². The van der Waals surface area contributed by atoms with Gasteiger partial charge in [-0.1, -0.05) is 0 Å². The van der Waals surface area contributed by atoms with Crippen LogP contribution in [-0.4, -0.2) is 42.9 Å². The molecule has 1 heterocycles. The van der Waals surface area contributed by atoms with Crippen molar-refractivity contribution in [2.75, 3.05) is 26.2 Å². The number of carbonyl (C=O) groups is 2. The van der Waals surface area contributed by atoms with Crippen molar-refractivity contribution in [1.29, 1.82) is 0 Å². The molecule has 1 aliphatic rings. The number of hydrogen-bond donors (Lipinski definition) is 2. The van der Waals surface area contributed by atoms with Crippen molar-refractivity contribution in [1.82, 2.24) is 10.2 Å².